The van der Waals surface area contributed by atoms with Gasteiger partial charge in [0.05, 0.1) is 12.5 Å². The summed E-state index contributed by atoms with van der Waals surface area (Å²) in [5.74, 6) is -0.195. The summed E-state index contributed by atoms with van der Waals surface area (Å²) in [6.45, 7) is 4.62. The van der Waals surface area contributed by atoms with Gasteiger partial charge in [0.2, 0.25) is 0 Å². The number of hydrogen-bond donors (Lipinski definition) is 0. The molecule has 1 aromatic heterocycles. The SMILES string of the molecule is Cc1ccc(S[C@@H](c2ccc(C)cc2)[C@@H](Cn2cncn2)C(=O)c2ccccc2)cc1. The predicted molar refractivity (Wildman–Crippen MR) is 125 cm³/mol. The number of aryl methyl sites for hydroxylation is 2. The first-order valence-electron chi connectivity index (χ1n) is 10.3. The maximum atomic E-state index is 13.7. The molecule has 31 heavy (non-hydrogen) atoms. The summed E-state index contributed by atoms with van der Waals surface area (Å²) in [5.41, 5.74) is 4.26. The van der Waals surface area contributed by atoms with Crippen LogP contribution in [0, 0.1) is 19.8 Å². The summed E-state index contributed by atoms with van der Waals surface area (Å²) in [5, 5.41) is 4.22. The van der Waals surface area contributed by atoms with Crippen molar-refractivity contribution >= 4 is 17.5 Å². The third-order valence-electron chi connectivity index (χ3n) is 5.30. The average Bonchev–Trinajstić information content (AvgIpc) is 3.32. The highest BCUT2D eigenvalue weighted by Crippen LogP contribution is 2.43. The standard InChI is InChI=1S/C26H25N3OS/c1-19-8-12-22(13-9-19)26(31-23-14-10-20(2)11-15-23)24(16-29-18-27-17-28-29)25(30)21-6-4-3-5-7-21/h3-15,17-18,24,26H,16H2,1-2H3/t24-,26-/m0/s1. The van der Waals surface area contributed by atoms with E-state index in [4.69, 9.17) is 0 Å². The van der Waals surface area contributed by atoms with Crippen LogP contribution in [0.25, 0.3) is 0 Å². The van der Waals surface area contributed by atoms with Crippen LogP contribution < -0.4 is 0 Å². The second-order valence-corrected chi connectivity index (χ2v) is 8.93. The van der Waals surface area contributed by atoms with Crippen LogP contribution in [0.4, 0.5) is 0 Å². The number of rotatable bonds is 8. The van der Waals surface area contributed by atoms with Gasteiger partial charge in [-0.25, -0.2) is 4.98 Å². The predicted octanol–water partition coefficient (Wildman–Crippen LogP) is 5.93. The summed E-state index contributed by atoms with van der Waals surface area (Å²) in [4.78, 5) is 18.9. The molecule has 3 aromatic carbocycles. The summed E-state index contributed by atoms with van der Waals surface area (Å²) in [6.07, 6.45) is 3.19. The fourth-order valence-corrected chi connectivity index (χ4v) is 4.82. The zero-order valence-electron chi connectivity index (χ0n) is 17.7. The normalized spacial score (nSPS) is 13.0. The van der Waals surface area contributed by atoms with E-state index in [0.29, 0.717) is 12.1 Å². The van der Waals surface area contributed by atoms with Crippen molar-refractivity contribution in [1.29, 1.82) is 0 Å². The number of hydrogen-bond acceptors (Lipinski definition) is 4. The zero-order valence-corrected chi connectivity index (χ0v) is 18.5. The molecule has 0 saturated carbocycles. The Morgan fingerprint density at radius 1 is 0.903 bits per heavy atom. The van der Waals surface area contributed by atoms with Crippen molar-refractivity contribution in [2.75, 3.05) is 0 Å². The van der Waals surface area contributed by atoms with Crippen LogP contribution >= 0.6 is 11.8 Å². The molecule has 0 bridgehead atoms. The zero-order chi connectivity index (χ0) is 21.6. The second-order valence-electron chi connectivity index (χ2n) is 7.72. The average molecular weight is 428 g/mol. The second kappa shape index (κ2) is 9.75. The van der Waals surface area contributed by atoms with Gasteiger partial charge in [0.1, 0.15) is 12.7 Å². The highest BCUT2D eigenvalue weighted by atomic mass is 32.2. The van der Waals surface area contributed by atoms with Crippen LogP contribution in [-0.4, -0.2) is 20.5 Å². The highest BCUT2D eigenvalue weighted by Gasteiger charge is 2.32. The molecule has 0 radical (unpaired) electrons. The van der Waals surface area contributed by atoms with Crippen molar-refractivity contribution in [1.82, 2.24) is 14.8 Å². The van der Waals surface area contributed by atoms with Crippen LogP contribution in [0.5, 0.6) is 0 Å². The molecule has 156 valence electrons. The Morgan fingerprint density at radius 3 is 2.16 bits per heavy atom. The van der Waals surface area contributed by atoms with Crippen molar-refractivity contribution in [3.63, 3.8) is 0 Å². The molecule has 1 heterocycles. The van der Waals surface area contributed by atoms with Gasteiger partial charge in [0, 0.05) is 15.7 Å². The molecule has 0 spiro atoms. The van der Waals surface area contributed by atoms with Gasteiger partial charge in [-0.1, -0.05) is 77.9 Å². The van der Waals surface area contributed by atoms with Crippen molar-refractivity contribution in [3.05, 3.63) is 114 Å². The van der Waals surface area contributed by atoms with Crippen molar-refractivity contribution in [2.45, 2.75) is 30.5 Å². The van der Waals surface area contributed by atoms with Gasteiger partial charge in [-0.05, 0) is 31.5 Å². The van der Waals surface area contributed by atoms with Gasteiger partial charge in [0.25, 0.3) is 0 Å². The topological polar surface area (TPSA) is 47.8 Å². The molecule has 0 aliphatic carbocycles. The number of thioether (sulfide) groups is 1. The van der Waals surface area contributed by atoms with E-state index in [1.165, 1.54) is 17.5 Å². The number of carbonyl (C=O) groups is 1. The summed E-state index contributed by atoms with van der Waals surface area (Å²) in [7, 11) is 0. The first-order chi connectivity index (χ1) is 15.1. The minimum Gasteiger partial charge on any atom is -0.294 e. The number of Topliss-reactive ketones (excluding diaryl/α,β-unsaturated/α-hetero) is 1. The lowest BCUT2D eigenvalue weighted by atomic mass is 9.90. The van der Waals surface area contributed by atoms with Crippen LogP contribution in [0.15, 0.2) is 96.4 Å². The van der Waals surface area contributed by atoms with E-state index < -0.39 is 0 Å². The summed E-state index contributed by atoms with van der Waals surface area (Å²) >= 11 is 1.73. The van der Waals surface area contributed by atoms with E-state index in [1.54, 1.807) is 22.8 Å². The number of aromatic nitrogens is 3. The molecule has 0 amide bonds. The van der Waals surface area contributed by atoms with Gasteiger partial charge in [-0.3, -0.25) is 9.48 Å². The van der Waals surface area contributed by atoms with Crippen LogP contribution in [0.1, 0.15) is 32.3 Å². The first kappa shape index (κ1) is 21.1. The Bertz CT molecular complexity index is 1110. The van der Waals surface area contributed by atoms with Crippen LogP contribution in [0.3, 0.4) is 0 Å². The third kappa shape index (κ3) is 5.30. The van der Waals surface area contributed by atoms with Crippen LogP contribution in [0.2, 0.25) is 0 Å². The molecular weight excluding hydrogens is 402 g/mol. The maximum absolute atomic E-state index is 13.7. The molecule has 5 heteroatoms. The van der Waals surface area contributed by atoms with Gasteiger partial charge < -0.3 is 0 Å². The summed E-state index contributed by atoms with van der Waals surface area (Å²) in [6, 6.07) is 26.5. The molecule has 0 fully saturated rings. The Labute approximate surface area is 187 Å². The minimum atomic E-state index is -0.307. The Morgan fingerprint density at radius 2 is 1.55 bits per heavy atom. The molecule has 0 unspecified atom stereocenters. The lowest BCUT2D eigenvalue weighted by Crippen LogP contribution is -2.26. The van der Waals surface area contributed by atoms with Gasteiger partial charge in [0.15, 0.2) is 5.78 Å². The third-order valence-corrected chi connectivity index (χ3v) is 6.70. The quantitative estimate of drug-likeness (QED) is 0.258. The maximum Gasteiger partial charge on any atom is 0.169 e. The van der Waals surface area contributed by atoms with Gasteiger partial charge in [-0.15, -0.1) is 11.8 Å². The van der Waals surface area contributed by atoms with Crippen LogP contribution in [-0.2, 0) is 6.54 Å². The highest BCUT2D eigenvalue weighted by molar-refractivity contribution is 7.99. The number of nitrogens with zero attached hydrogens (tertiary/aromatic N) is 3. The van der Waals surface area contributed by atoms with Crippen molar-refractivity contribution in [3.8, 4) is 0 Å². The lowest BCUT2D eigenvalue weighted by molar-refractivity contribution is 0.0901. The molecule has 0 aliphatic rings. The number of benzene rings is 3. The van der Waals surface area contributed by atoms with E-state index in [2.05, 4.69) is 72.5 Å². The van der Waals surface area contributed by atoms with Gasteiger partial charge >= 0.3 is 0 Å². The molecule has 4 nitrogen and oxygen atoms in total. The molecule has 0 aliphatic heterocycles. The first-order valence-corrected chi connectivity index (χ1v) is 11.2. The summed E-state index contributed by atoms with van der Waals surface area (Å²) < 4.78 is 1.75. The van der Waals surface area contributed by atoms with Crippen molar-refractivity contribution < 1.29 is 4.79 Å². The largest absolute Gasteiger partial charge is 0.294 e. The number of carbonyl (C=O) groups excluding carboxylic acids is 1. The fourth-order valence-electron chi connectivity index (χ4n) is 3.56. The molecule has 4 aromatic rings. The molecule has 0 saturated heterocycles. The lowest BCUT2D eigenvalue weighted by Gasteiger charge is -2.26. The van der Waals surface area contributed by atoms with E-state index in [9.17, 15) is 4.79 Å². The van der Waals surface area contributed by atoms with E-state index in [-0.39, 0.29) is 17.0 Å². The van der Waals surface area contributed by atoms with Crippen molar-refractivity contribution in [2.24, 2.45) is 5.92 Å². The Balaban J connectivity index is 1.76. The minimum absolute atomic E-state index is 0.0692. The Hall–Kier alpha value is -3.18. The monoisotopic (exact) mass is 427 g/mol. The smallest absolute Gasteiger partial charge is 0.169 e. The molecule has 0 N–H and O–H groups in total. The molecule has 4 rings (SSSR count). The number of ketones is 1. The fraction of sp³-hybridized carbons (Fsp3) is 0.192. The molecular formula is C26H25N3OS. The van der Waals surface area contributed by atoms with E-state index >= 15 is 0 Å². The molecule has 2 atom stereocenters. The van der Waals surface area contributed by atoms with E-state index in [0.717, 1.165) is 10.5 Å². The van der Waals surface area contributed by atoms with Gasteiger partial charge in [-0.2, -0.15) is 5.10 Å². The Kier molecular flexibility index (Phi) is 6.63. The van der Waals surface area contributed by atoms with E-state index in [1.807, 2.05) is 30.3 Å².